The molecule has 136 valence electrons. The molecule has 0 atom stereocenters. The normalized spacial score (nSPS) is 17.8. The Morgan fingerprint density at radius 2 is 1.84 bits per heavy atom. The molecule has 1 N–H and O–H groups in total. The first-order chi connectivity index (χ1) is 12.0. The van der Waals surface area contributed by atoms with E-state index in [0.29, 0.717) is 44.3 Å². The predicted octanol–water partition coefficient (Wildman–Crippen LogP) is 0.660. The van der Waals surface area contributed by atoms with Crippen molar-refractivity contribution in [1.29, 1.82) is 0 Å². The quantitative estimate of drug-likeness (QED) is 0.790. The molecule has 0 aliphatic carbocycles. The van der Waals surface area contributed by atoms with Crippen LogP contribution in [-0.2, 0) is 10.0 Å². The zero-order valence-electron chi connectivity index (χ0n) is 13.8. The Morgan fingerprint density at radius 3 is 2.52 bits per heavy atom. The summed E-state index contributed by atoms with van der Waals surface area (Å²) in [5, 5.41) is 2.69. The summed E-state index contributed by atoms with van der Waals surface area (Å²) in [6.45, 7) is 5.96. The van der Waals surface area contributed by atoms with Gasteiger partial charge in [0.1, 0.15) is 13.2 Å². The number of carbonyl (C=O) groups excluding carboxylic acids is 1. The number of urea groups is 1. The van der Waals surface area contributed by atoms with E-state index in [4.69, 9.17) is 9.47 Å². The summed E-state index contributed by atoms with van der Waals surface area (Å²) < 4.78 is 37.9. The van der Waals surface area contributed by atoms with Crippen LogP contribution in [0.1, 0.15) is 0 Å². The average Bonchev–Trinajstić information content (AvgIpc) is 2.65. The van der Waals surface area contributed by atoms with Gasteiger partial charge in [-0.05, 0) is 12.1 Å². The summed E-state index contributed by atoms with van der Waals surface area (Å²) in [5.74, 6) is 0.990. The number of nitrogens with one attached hydrogen (secondary N) is 1. The highest BCUT2D eigenvalue weighted by atomic mass is 32.2. The van der Waals surface area contributed by atoms with Crippen molar-refractivity contribution in [1.82, 2.24) is 14.5 Å². The van der Waals surface area contributed by atoms with Gasteiger partial charge in [0.25, 0.3) is 0 Å². The number of benzene rings is 1. The standard InChI is InChI=1S/C16H21N3O5S/c1-2-5-17-16(20)18-6-8-19(9-7-18)25(21,22)13-3-4-14-15(12-13)24-11-10-23-14/h2-4,12H,1,5-11H2,(H,17,20). The first-order valence-electron chi connectivity index (χ1n) is 8.06. The van der Waals surface area contributed by atoms with Crippen molar-refractivity contribution in [2.24, 2.45) is 0 Å². The van der Waals surface area contributed by atoms with Crippen LogP contribution in [0.3, 0.4) is 0 Å². The SMILES string of the molecule is C=CCNC(=O)N1CCN(S(=O)(=O)c2ccc3c(c2)OCCO3)CC1. The van der Waals surface area contributed by atoms with Crippen molar-refractivity contribution in [3.8, 4) is 11.5 Å². The molecule has 1 saturated heterocycles. The Kier molecular flexibility index (Phi) is 5.14. The Balaban J connectivity index is 1.68. The summed E-state index contributed by atoms with van der Waals surface area (Å²) in [4.78, 5) is 13.7. The van der Waals surface area contributed by atoms with E-state index >= 15 is 0 Å². The predicted molar refractivity (Wildman–Crippen MR) is 91.4 cm³/mol. The topological polar surface area (TPSA) is 88.2 Å². The number of rotatable bonds is 4. The van der Waals surface area contributed by atoms with Gasteiger partial charge in [0.15, 0.2) is 11.5 Å². The van der Waals surface area contributed by atoms with E-state index < -0.39 is 10.0 Å². The molecule has 2 amide bonds. The van der Waals surface area contributed by atoms with Crippen LogP contribution in [0, 0.1) is 0 Å². The van der Waals surface area contributed by atoms with Gasteiger partial charge in [0, 0.05) is 38.8 Å². The van der Waals surface area contributed by atoms with Gasteiger partial charge in [0.2, 0.25) is 10.0 Å². The molecule has 2 heterocycles. The van der Waals surface area contributed by atoms with Crippen molar-refractivity contribution in [3.63, 3.8) is 0 Å². The second-order valence-electron chi connectivity index (χ2n) is 5.67. The second-order valence-corrected chi connectivity index (χ2v) is 7.61. The summed E-state index contributed by atoms with van der Waals surface area (Å²) >= 11 is 0. The van der Waals surface area contributed by atoms with E-state index in [2.05, 4.69) is 11.9 Å². The van der Waals surface area contributed by atoms with Gasteiger partial charge >= 0.3 is 6.03 Å². The lowest BCUT2D eigenvalue weighted by Crippen LogP contribution is -2.53. The molecule has 25 heavy (non-hydrogen) atoms. The Hall–Kier alpha value is -2.26. The van der Waals surface area contributed by atoms with E-state index in [-0.39, 0.29) is 24.0 Å². The van der Waals surface area contributed by atoms with Crippen LogP contribution in [0.5, 0.6) is 11.5 Å². The van der Waals surface area contributed by atoms with Gasteiger partial charge < -0.3 is 19.7 Å². The number of amides is 2. The van der Waals surface area contributed by atoms with Crippen molar-refractivity contribution >= 4 is 16.1 Å². The van der Waals surface area contributed by atoms with Gasteiger partial charge in [-0.2, -0.15) is 4.31 Å². The third-order valence-corrected chi connectivity index (χ3v) is 5.97. The largest absolute Gasteiger partial charge is 0.486 e. The fourth-order valence-corrected chi connectivity index (χ4v) is 4.17. The number of nitrogens with zero attached hydrogens (tertiary/aromatic N) is 2. The minimum absolute atomic E-state index is 0.168. The maximum absolute atomic E-state index is 12.8. The van der Waals surface area contributed by atoms with Gasteiger partial charge in [0.05, 0.1) is 4.90 Å². The molecule has 0 radical (unpaired) electrons. The Morgan fingerprint density at radius 1 is 1.16 bits per heavy atom. The lowest BCUT2D eigenvalue weighted by molar-refractivity contribution is 0.170. The molecule has 3 rings (SSSR count). The molecule has 2 aliphatic rings. The molecule has 0 spiro atoms. The van der Waals surface area contributed by atoms with E-state index in [1.165, 1.54) is 16.4 Å². The van der Waals surface area contributed by atoms with Crippen LogP contribution >= 0.6 is 0 Å². The third-order valence-electron chi connectivity index (χ3n) is 4.07. The Bertz CT molecular complexity index is 757. The first-order valence-corrected chi connectivity index (χ1v) is 9.50. The highest BCUT2D eigenvalue weighted by Gasteiger charge is 2.31. The highest BCUT2D eigenvalue weighted by molar-refractivity contribution is 7.89. The molecule has 0 saturated carbocycles. The number of ether oxygens (including phenoxy) is 2. The van der Waals surface area contributed by atoms with E-state index in [1.807, 2.05) is 0 Å². The summed E-state index contributed by atoms with van der Waals surface area (Å²) in [5.41, 5.74) is 0. The van der Waals surface area contributed by atoms with Crippen LogP contribution in [0.4, 0.5) is 4.79 Å². The van der Waals surface area contributed by atoms with Crippen LogP contribution in [0.15, 0.2) is 35.7 Å². The Labute approximate surface area is 147 Å². The van der Waals surface area contributed by atoms with Gasteiger partial charge in [-0.25, -0.2) is 13.2 Å². The van der Waals surface area contributed by atoms with Crippen molar-refractivity contribution in [2.75, 3.05) is 45.9 Å². The summed E-state index contributed by atoms with van der Waals surface area (Å²) in [6.07, 6.45) is 1.60. The van der Waals surface area contributed by atoms with Crippen molar-refractivity contribution in [3.05, 3.63) is 30.9 Å². The molecule has 9 heteroatoms. The molecule has 1 aromatic rings. The minimum atomic E-state index is -3.64. The number of piperazine rings is 1. The average molecular weight is 367 g/mol. The minimum Gasteiger partial charge on any atom is -0.486 e. The van der Waals surface area contributed by atoms with E-state index in [1.54, 1.807) is 17.0 Å². The van der Waals surface area contributed by atoms with E-state index in [0.717, 1.165) is 0 Å². The second kappa shape index (κ2) is 7.32. The zero-order chi connectivity index (χ0) is 17.9. The van der Waals surface area contributed by atoms with Crippen molar-refractivity contribution < 1.29 is 22.7 Å². The maximum Gasteiger partial charge on any atom is 0.317 e. The molecule has 1 fully saturated rings. The number of hydrogen-bond donors (Lipinski definition) is 1. The van der Waals surface area contributed by atoms with Crippen molar-refractivity contribution in [2.45, 2.75) is 4.90 Å². The van der Waals surface area contributed by atoms with Gasteiger partial charge in [-0.1, -0.05) is 6.08 Å². The summed E-state index contributed by atoms with van der Waals surface area (Å²) in [6, 6.07) is 4.41. The molecular formula is C16H21N3O5S. The lowest BCUT2D eigenvalue weighted by atomic mass is 10.3. The van der Waals surface area contributed by atoms with Crippen LogP contribution < -0.4 is 14.8 Å². The molecule has 0 unspecified atom stereocenters. The summed E-state index contributed by atoms with van der Waals surface area (Å²) in [7, 11) is -3.64. The fraction of sp³-hybridized carbons (Fsp3) is 0.438. The van der Waals surface area contributed by atoms with Crippen LogP contribution in [0.2, 0.25) is 0 Å². The van der Waals surface area contributed by atoms with E-state index in [9.17, 15) is 13.2 Å². The molecule has 0 aromatic heterocycles. The van der Waals surface area contributed by atoms with Gasteiger partial charge in [-0.3, -0.25) is 0 Å². The molecule has 1 aromatic carbocycles. The zero-order valence-corrected chi connectivity index (χ0v) is 14.6. The molecular weight excluding hydrogens is 346 g/mol. The lowest BCUT2D eigenvalue weighted by Gasteiger charge is -2.34. The number of fused-ring (bicyclic) bond motifs is 1. The van der Waals surface area contributed by atoms with Crippen LogP contribution in [0.25, 0.3) is 0 Å². The third kappa shape index (κ3) is 3.72. The monoisotopic (exact) mass is 367 g/mol. The number of hydrogen-bond acceptors (Lipinski definition) is 5. The molecule has 2 aliphatic heterocycles. The smallest absolute Gasteiger partial charge is 0.317 e. The maximum atomic E-state index is 12.8. The highest BCUT2D eigenvalue weighted by Crippen LogP contribution is 2.33. The number of carbonyl (C=O) groups is 1. The first kappa shape index (κ1) is 17.6. The van der Waals surface area contributed by atoms with Gasteiger partial charge in [-0.15, -0.1) is 6.58 Å². The molecule has 0 bridgehead atoms. The molecule has 8 nitrogen and oxygen atoms in total. The fourth-order valence-electron chi connectivity index (χ4n) is 2.74. The van der Waals surface area contributed by atoms with Crippen LogP contribution in [-0.4, -0.2) is 69.6 Å². The number of sulfonamides is 1.